The molecule has 0 aliphatic heterocycles. The number of pyridine rings is 1. The normalized spacial score (nSPS) is 10.6. The average molecular weight is 369 g/mol. The van der Waals surface area contributed by atoms with Gasteiger partial charge in [0.1, 0.15) is 17.5 Å². The van der Waals surface area contributed by atoms with Crippen molar-refractivity contribution in [3.05, 3.63) is 72.2 Å². The predicted octanol–water partition coefficient (Wildman–Crippen LogP) is 3.50. The molecule has 28 heavy (non-hydrogen) atoms. The van der Waals surface area contributed by atoms with Gasteiger partial charge >= 0.3 is 0 Å². The summed E-state index contributed by atoms with van der Waals surface area (Å²) in [5.41, 5.74) is 4.52. The van der Waals surface area contributed by atoms with Gasteiger partial charge < -0.3 is 10.6 Å². The lowest BCUT2D eigenvalue weighted by Gasteiger charge is -2.11. The number of benzene rings is 1. The summed E-state index contributed by atoms with van der Waals surface area (Å²) < 4.78 is 1.93. The van der Waals surface area contributed by atoms with Crippen molar-refractivity contribution in [3.8, 4) is 17.3 Å². The van der Waals surface area contributed by atoms with Crippen molar-refractivity contribution >= 4 is 17.4 Å². The number of nitrogens with zero attached hydrogens (tertiary/aromatic N) is 5. The molecule has 0 unspecified atom stereocenters. The Kier molecular flexibility index (Phi) is 4.85. The fraction of sp³-hybridized carbons (Fsp3) is 0.143. The van der Waals surface area contributed by atoms with E-state index in [0.29, 0.717) is 18.7 Å². The maximum absolute atomic E-state index is 8.82. The van der Waals surface area contributed by atoms with Gasteiger partial charge in [-0.05, 0) is 25.1 Å². The molecule has 7 nitrogen and oxygen atoms in total. The molecular weight excluding hydrogens is 350 g/mol. The first-order valence-corrected chi connectivity index (χ1v) is 8.98. The molecule has 0 saturated heterocycles. The van der Waals surface area contributed by atoms with E-state index < -0.39 is 0 Å². The largest absolute Gasteiger partial charge is 0.368 e. The molecule has 7 heteroatoms. The summed E-state index contributed by atoms with van der Waals surface area (Å²) in [6.45, 7) is 3.38. The molecule has 4 rings (SSSR count). The molecule has 0 amide bonds. The van der Waals surface area contributed by atoms with Crippen molar-refractivity contribution < 1.29 is 0 Å². The minimum atomic E-state index is 0.545. The lowest BCUT2D eigenvalue weighted by Crippen LogP contribution is -2.16. The van der Waals surface area contributed by atoms with Gasteiger partial charge in [-0.15, -0.1) is 0 Å². The molecule has 0 aliphatic carbocycles. The zero-order chi connectivity index (χ0) is 19.3. The van der Waals surface area contributed by atoms with Gasteiger partial charge in [-0.3, -0.25) is 4.40 Å². The fourth-order valence-corrected chi connectivity index (χ4v) is 2.93. The van der Waals surface area contributed by atoms with Crippen LogP contribution in [0.1, 0.15) is 11.1 Å². The third-order valence-electron chi connectivity index (χ3n) is 4.31. The first kappa shape index (κ1) is 17.5. The van der Waals surface area contributed by atoms with E-state index in [1.165, 1.54) is 5.56 Å². The zero-order valence-electron chi connectivity index (χ0n) is 15.4. The Bertz CT molecular complexity index is 1140. The van der Waals surface area contributed by atoms with Crippen molar-refractivity contribution in [2.45, 2.75) is 6.92 Å². The lowest BCUT2D eigenvalue weighted by atomic mass is 10.1. The molecule has 1 aromatic carbocycles. The molecule has 0 fully saturated rings. The second-order valence-corrected chi connectivity index (χ2v) is 6.39. The van der Waals surface area contributed by atoms with Gasteiger partial charge in [-0.2, -0.15) is 5.26 Å². The maximum atomic E-state index is 8.82. The van der Waals surface area contributed by atoms with Crippen LogP contribution in [0.2, 0.25) is 0 Å². The summed E-state index contributed by atoms with van der Waals surface area (Å²) in [4.78, 5) is 13.4. The minimum absolute atomic E-state index is 0.545. The Hall–Kier alpha value is -3.92. The molecule has 0 spiro atoms. The van der Waals surface area contributed by atoms with Crippen LogP contribution in [0, 0.1) is 18.3 Å². The Morgan fingerprint density at radius 1 is 1.07 bits per heavy atom. The van der Waals surface area contributed by atoms with Crippen molar-refractivity contribution in [2.75, 3.05) is 23.7 Å². The average Bonchev–Trinajstić information content (AvgIpc) is 3.20. The van der Waals surface area contributed by atoms with Gasteiger partial charge in [0.15, 0.2) is 0 Å². The molecule has 2 N–H and O–H groups in total. The van der Waals surface area contributed by atoms with Crippen LogP contribution in [0.3, 0.4) is 0 Å². The highest BCUT2D eigenvalue weighted by molar-refractivity contribution is 5.66. The van der Waals surface area contributed by atoms with Crippen LogP contribution < -0.4 is 10.6 Å². The van der Waals surface area contributed by atoms with Crippen molar-refractivity contribution in [1.82, 2.24) is 19.4 Å². The van der Waals surface area contributed by atoms with Crippen LogP contribution in [-0.2, 0) is 0 Å². The minimum Gasteiger partial charge on any atom is -0.368 e. The number of imidazole rings is 1. The van der Waals surface area contributed by atoms with Gasteiger partial charge in [-0.25, -0.2) is 15.0 Å². The van der Waals surface area contributed by atoms with Gasteiger partial charge in [0.25, 0.3) is 0 Å². The van der Waals surface area contributed by atoms with Crippen LogP contribution >= 0.6 is 0 Å². The molecule has 0 radical (unpaired) electrons. The number of fused-ring (bicyclic) bond motifs is 1. The Morgan fingerprint density at radius 2 is 1.96 bits per heavy atom. The summed E-state index contributed by atoms with van der Waals surface area (Å²) in [6.07, 6.45) is 5.21. The van der Waals surface area contributed by atoms with Crippen molar-refractivity contribution in [3.63, 3.8) is 0 Å². The molecule has 138 valence electrons. The highest BCUT2D eigenvalue weighted by Crippen LogP contribution is 2.22. The Labute approximate surface area is 162 Å². The maximum Gasteiger partial charge on any atom is 0.209 e. The van der Waals surface area contributed by atoms with E-state index >= 15 is 0 Å². The summed E-state index contributed by atoms with van der Waals surface area (Å²) in [7, 11) is 0. The molecule has 3 aromatic heterocycles. The van der Waals surface area contributed by atoms with Gasteiger partial charge in [-0.1, -0.05) is 23.8 Å². The number of rotatable bonds is 6. The quantitative estimate of drug-likeness (QED) is 0.506. The van der Waals surface area contributed by atoms with Crippen LogP contribution in [0.15, 0.2) is 61.1 Å². The number of aryl methyl sites for hydroxylation is 1. The summed E-state index contributed by atoms with van der Waals surface area (Å²) in [5, 5.41) is 15.4. The van der Waals surface area contributed by atoms with Gasteiger partial charge in [0, 0.05) is 43.3 Å². The second kappa shape index (κ2) is 7.76. The summed E-state index contributed by atoms with van der Waals surface area (Å²) >= 11 is 0. The van der Waals surface area contributed by atoms with Crippen LogP contribution in [0.25, 0.3) is 16.9 Å². The molecule has 0 atom stereocenters. The van der Waals surface area contributed by atoms with Gasteiger partial charge in [0.05, 0.1) is 11.3 Å². The molecule has 0 aliphatic rings. The lowest BCUT2D eigenvalue weighted by molar-refractivity contribution is 0.995. The smallest absolute Gasteiger partial charge is 0.209 e. The highest BCUT2D eigenvalue weighted by atomic mass is 15.2. The monoisotopic (exact) mass is 369 g/mol. The number of anilines is 2. The van der Waals surface area contributed by atoms with E-state index in [1.807, 2.05) is 22.7 Å². The summed E-state index contributed by atoms with van der Waals surface area (Å²) in [5.74, 6) is 1.47. The Balaban J connectivity index is 1.48. The van der Waals surface area contributed by atoms with E-state index in [4.69, 9.17) is 10.2 Å². The van der Waals surface area contributed by atoms with E-state index in [-0.39, 0.29) is 0 Å². The second-order valence-electron chi connectivity index (χ2n) is 6.39. The number of hydrogen-bond donors (Lipinski definition) is 2. The summed E-state index contributed by atoms with van der Waals surface area (Å²) in [6, 6.07) is 15.8. The van der Waals surface area contributed by atoms with Crippen LogP contribution in [-0.4, -0.2) is 32.4 Å². The predicted molar refractivity (Wildman–Crippen MR) is 109 cm³/mol. The standard InChI is InChI=1S/C21H19N7/c1-15-3-2-4-17(11-15)18-12-20-24-9-10-28(20)21(27-18)25-8-7-23-19-6-5-16(13-22)14-26-19/h2-6,9-12,14H,7-8H2,1H3,(H,23,26)(H,25,27). The number of aromatic nitrogens is 4. The molecule has 3 heterocycles. The van der Waals surface area contributed by atoms with Crippen LogP contribution in [0.5, 0.6) is 0 Å². The number of hydrogen-bond acceptors (Lipinski definition) is 6. The van der Waals surface area contributed by atoms with Gasteiger partial charge in [0.2, 0.25) is 5.95 Å². The molecule has 0 saturated carbocycles. The first-order valence-electron chi connectivity index (χ1n) is 8.98. The van der Waals surface area contributed by atoms with E-state index in [1.54, 1.807) is 24.5 Å². The van der Waals surface area contributed by atoms with Crippen molar-refractivity contribution in [2.24, 2.45) is 0 Å². The highest BCUT2D eigenvalue weighted by Gasteiger charge is 2.08. The van der Waals surface area contributed by atoms with E-state index in [2.05, 4.69) is 51.8 Å². The molecule has 0 bridgehead atoms. The topological polar surface area (TPSA) is 90.9 Å². The van der Waals surface area contributed by atoms with E-state index in [9.17, 15) is 0 Å². The number of nitrogens with one attached hydrogen (secondary N) is 2. The van der Waals surface area contributed by atoms with Crippen molar-refractivity contribution in [1.29, 1.82) is 5.26 Å². The van der Waals surface area contributed by atoms with Crippen LogP contribution in [0.4, 0.5) is 11.8 Å². The van der Waals surface area contributed by atoms with E-state index in [0.717, 1.165) is 28.7 Å². The SMILES string of the molecule is Cc1cccc(-c2cc3nccn3c(NCCNc3ccc(C#N)cn3)n2)c1. The molecular formula is C21H19N7. The third-order valence-corrected chi connectivity index (χ3v) is 4.31. The first-order chi connectivity index (χ1) is 13.7. The molecule has 4 aromatic rings. The number of nitriles is 1. The fourth-order valence-electron chi connectivity index (χ4n) is 2.93. The third kappa shape index (κ3) is 3.76. The zero-order valence-corrected chi connectivity index (χ0v) is 15.4. The Morgan fingerprint density at radius 3 is 2.75 bits per heavy atom.